The Morgan fingerprint density at radius 1 is 1.21 bits per heavy atom. The lowest BCUT2D eigenvalue weighted by Gasteiger charge is -2.33. The molecule has 0 aliphatic carbocycles. The molecule has 1 aliphatic rings. The molecule has 0 atom stereocenters. The van der Waals surface area contributed by atoms with Crippen LogP contribution in [-0.4, -0.2) is 55.5 Å². The minimum Gasteiger partial charge on any atom is -0.466 e. The maximum Gasteiger partial charge on any atom is 0.309 e. The van der Waals surface area contributed by atoms with E-state index in [9.17, 15) is 9.59 Å². The van der Waals surface area contributed by atoms with Crippen molar-refractivity contribution in [1.82, 2.24) is 10.2 Å². The van der Waals surface area contributed by atoms with E-state index in [4.69, 9.17) is 16.3 Å². The molecule has 1 aliphatic heterocycles. The molecule has 1 saturated heterocycles. The summed E-state index contributed by atoms with van der Waals surface area (Å²) in [5.74, 6) is 0.683. The average Bonchev–Trinajstić information content (AvgIpc) is 2.72. The van der Waals surface area contributed by atoms with Crippen LogP contribution in [0.15, 0.2) is 29.3 Å². The van der Waals surface area contributed by atoms with Crippen molar-refractivity contribution in [2.24, 2.45) is 10.9 Å². The van der Waals surface area contributed by atoms with Gasteiger partial charge < -0.3 is 20.3 Å². The van der Waals surface area contributed by atoms with Crippen molar-refractivity contribution in [3.8, 4) is 0 Å². The van der Waals surface area contributed by atoms with Crippen LogP contribution in [0.5, 0.6) is 0 Å². The zero-order valence-electron chi connectivity index (χ0n) is 17.2. The molecule has 1 amide bonds. The van der Waals surface area contributed by atoms with Crippen LogP contribution in [0.25, 0.3) is 0 Å². The lowest BCUT2D eigenvalue weighted by Crippen LogP contribution is -2.46. The van der Waals surface area contributed by atoms with Gasteiger partial charge in [-0.05, 0) is 57.4 Å². The lowest BCUT2D eigenvalue weighted by atomic mass is 9.97. The minimum absolute atomic E-state index is 0.0226. The fourth-order valence-corrected chi connectivity index (χ4v) is 3.32. The zero-order valence-corrected chi connectivity index (χ0v) is 18.0. The Kier molecular flexibility index (Phi) is 9.77. The predicted molar refractivity (Wildman–Crippen MR) is 116 cm³/mol. The summed E-state index contributed by atoms with van der Waals surface area (Å²) in [6.07, 6.45) is 2.60. The largest absolute Gasteiger partial charge is 0.466 e. The smallest absolute Gasteiger partial charge is 0.309 e. The van der Waals surface area contributed by atoms with Gasteiger partial charge in [-0.2, -0.15) is 0 Å². The van der Waals surface area contributed by atoms with Crippen molar-refractivity contribution in [3.05, 3.63) is 29.3 Å². The number of anilines is 1. The summed E-state index contributed by atoms with van der Waals surface area (Å²) >= 11 is 5.85. The van der Waals surface area contributed by atoms with Gasteiger partial charge in [-0.1, -0.05) is 11.6 Å². The topological polar surface area (TPSA) is 83.0 Å². The zero-order chi connectivity index (χ0) is 21.1. The van der Waals surface area contributed by atoms with E-state index in [2.05, 4.69) is 20.5 Å². The van der Waals surface area contributed by atoms with Crippen molar-refractivity contribution in [3.63, 3.8) is 0 Å². The Morgan fingerprint density at radius 3 is 2.52 bits per heavy atom. The first-order valence-corrected chi connectivity index (χ1v) is 10.7. The van der Waals surface area contributed by atoms with Gasteiger partial charge in [0.05, 0.1) is 12.5 Å². The summed E-state index contributed by atoms with van der Waals surface area (Å²) in [4.78, 5) is 30.8. The van der Waals surface area contributed by atoms with Crippen molar-refractivity contribution < 1.29 is 14.3 Å². The molecule has 2 N–H and O–H groups in total. The number of nitrogens with zero attached hydrogens (tertiary/aromatic N) is 2. The standard InChI is InChI=1S/C21H31ClN4O3/c1-3-23-21(26-14-11-16(12-15-26)20(28)29-4-2)24-13-5-6-19(27)25-18-9-7-17(22)8-10-18/h7-10,16H,3-6,11-15H2,1-2H3,(H,23,24)(H,25,27). The van der Waals surface area contributed by atoms with Crippen molar-refractivity contribution >= 4 is 35.1 Å². The van der Waals surface area contributed by atoms with Gasteiger partial charge in [-0.3, -0.25) is 14.6 Å². The van der Waals surface area contributed by atoms with Crippen molar-refractivity contribution in [2.45, 2.75) is 39.5 Å². The van der Waals surface area contributed by atoms with Gasteiger partial charge in [0.1, 0.15) is 0 Å². The molecular weight excluding hydrogens is 392 g/mol. The predicted octanol–water partition coefficient (Wildman–Crippen LogP) is 3.30. The number of piperidine rings is 1. The van der Waals surface area contributed by atoms with E-state index in [1.807, 2.05) is 13.8 Å². The molecular formula is C21H31ClN4O3. The molecule has 0 unspecified atom stereocenters. The van der Waals surface area contributed by atoms with E-state index < -0.39 is 0 Å². The maximum atomic E-state index is 12.1. The van der Waals surface area contributed by atoms with E-state index in [0.717, 1.165) is 44.1 Å². The Labute approximate surface area is 177 Å². The van der Waals surface area contributed by atoms with Crippen molar-refractivity contribution in [1.29, 1.82) is 0 Å². The molecule has 0 aromatic heterocycles. The summed E-state index contributed by atoms with van der Waals surface area (Å²) in [6.45, 7) is 7.16. The van der Waals surface area contributed by atoms with Crippen LogP contribution >= 0.6 is 11.6 Å². The first-order valence-electron chi connectivity index (χ1n) is 10.3. The van der Waals surface area contributed by atoms with Crippen LogP contribution in [0.1, 0.15) is 39.5 Å². The second kappa shape index (κ2) is 12.3. The van der Waals surface area contributed by atoms with Gasteiger partial charge >= 0.3 is 5.97 Å². The Balaban J connectivity index is 1.76. The van der Waals surface area contributed by atoms with Gasteiger partial charge in [0, 0.05) is 43.3 Å². The molecule has 160 valence electrons. The fourth-order valence-electron chi connectivity index (χ4n) is 3.19. The maximum absolute atomic E-state index is 12.1. The normalized spacial score (nSPS) is 15.1. The quantitative estimate of drug-likeness (QED) is 0.290. The Hall–Kier alpha value is -2.28. The molecule has 0 spiro atoms. The molecule has 0 bridgehead atoms. The number of aliphatic imine (C=N–C) groups is 1. The number of hydrogen-bond acceptors (Lipinski definition) is 4. The third-order valence-electron chi connectivity index (χ3n) is 4.70. The van der Waals surface area contributed by atoms with Crippen LogP contribution in [0.2, 0.25) is 5.02 Å². The molecule has 29 heavy (non-hydrogen) atoms. The number of esters is 1. The van der Waals surface area contributed by atoms with Gasteiger partial charge in [0.15, 0.2) is 5.96 Å². The van der Waals surface area contributed by atoms with Gasteiger partial charge in [-0.25, -0.2) is 0 Å². The number of amides is 1. The molecule has 1 aromatic rings. The van der Waals surface area contributed by atoms with E-state index >= 15 is 0 Å². The number of benzene rings is 1. The Morgan fingerprint density at radius 2 is 1.90 bits per heavy atom. The van der Waals surface area contributed by atoms with Crippen LogP contribution in [-0.2, 0) is 14.3 Å². The van der Waals surface area contributed by atoms with E-state index in [-0.39, 0.29) is 17.8 Å². The second-order valence-corrected chi connectivity index (χ2v) is 7.34. The summed E-state index contributed by atoms with van der Waals surface area (Å²) in [5, 5.41) is 6.80. The number of carbonyl (C=O) groups excluding carboxylic acids is 2. The number of likely N-dealkylation sites (tertiary alicyclic amines) is 1. The molecule has 1 aromatic carbocycles. The first-order chi connectivity index (χ1) is 14.0. The number of rotatable bonds is 8. The third-order valence-corrected chi connectivity index (χ3v) is 4.95. The van der Waals surface area contributed by atoms with Crippen LogP contribution < -0.4 is 10.6 Å². The highest BCUT2D eigenvalue weighted by Gasteiger charge is 2.27. The Bertz CT molecular complexity index is 686. The van der Waals surface area contributed by atoms with Gasteiger partial charge in [0.25, 0.3) is 0 Å². The number of hydrogen-bond donors (Lipinski definition) is 2. The molecule has 7 nitrogen and oxygen atoms in total. The molecule has 8 heteroatoms. The number of carbonyl (C=O) groups is 2. The molecule has 0 radical (unpaired) electrons. The van der Waals surface area contributed by atoms with Crippen LogP contribution in [0.4, 0.5) is 5.69 Å². The van der Waals surface area contributed by atoms with E-state index in [1.165, 1.54) is 0 Å². The monoisotopic (exact) mass is 422 g/mol. The summed E-state index contributed by atoms with van der Waals surface area (Å²) in [5.41, 5.74) is 0.737. The molecule has 1 fully saturated rings. The van der Waals surface area contributed by atoms with Crippen molar-refractivity contribution in [2.75, 3.05) is 38.1 Å². The highest BCUT2D eigenvalue weighted by molar-refractivity contribution is 6.30. The first kappa shape index (κ1) is 23.0. The third kappa shape index (κ3) is 7.93. The summed E-state index contributed by atoms with van der Waals surface area (Å²) in [7, 11) is 0. The molecule has 2 rings (SSSR count). The lowest BCUT2D eigenvalue weighted by molar-refractivity contribution is -0.149. The summed E-state index contributed by atoms with van der Waals surface area (Å²) in [6, 6.07) is 7.05. The minimum atomic E-state index is -0.0965. The number of ether oxygens (including phenoxy) is 1. The second-order valence-electron chi connectivity index (χ2n) is 6.91. The van der Waals surface area contributed by atoms with Gasteiger partial charge in [-0.15, -0.1) is 0 Å². The van der Waals surface area contributed by atoms with E-state index in [1.54, 1.807) is 24.3 Å². The van der Waals surface area contributed by atoms with Crippen LogP contribution in [0, 0.1) is 5.92 Å². The highest BCUT2D eigenvalue weighted by atomic mass is 35.5. The van der Waals surface area contributed by atoms with E-state index in [0.29, 0.717) is 31.0 Å². The molecule has 1 heterocycles. The average molecular weight is 423 g/mol. The summed E-state index contributed by atoms with van der Waals surface area (Å²) < 4.78 is 5.13. The number of guanidine groups is 1. The number of halogens is 1. The molecule has 0 saturated carbocycles. The number of nitrogens with one attached hydrogen (secondary N) is 2. The fraction of sp³-hybridized carbons (Fsp3) is 0.571. The SMILES string of the molecule is CCNC(=NCCCC(=O)Nc1ccc(Cl)cc1)N1CCC(C(=O)OCC)CC1. The van der Waals surface area contributed by atoms with Gasteiger partial charge in [0.2, 0.25) is 5.91 Å². The van der Waals surface area contributed by atoms with Crippen LogP contribution in [0.3, 0.4) is 0 Å². The highest BCUT2D eigenvalue weighted by Crippen LogP contribution is 2.19.